The summed E-state index contributed by atoms with van der Waals surface area (Å²) in [4.78, 5) is 21.3. The predicted octanol–water partition coefficient (Wildman–Crippen LogP) is 1.03. The largest absolute Gasteiger partial charge is 0.502 e. The number of Topliss-reactive ketones (excluding diaryl/α,β-unsaturated/α-hetero) is 1. The first kappa shape index (κ1) is 8.77. The summed E-state index contributed by atoms with van der Waals surface area (Å²) in [6, 6.07) is 0. The quantitative estimate of drug-likeness (QED) is 0.455. The van der Waals surface area contributed by atoms with Crippen molar-refractivity contribution in [2.24, 2.45) is 0 Å². The van der Waals surface area contributed by atoms with E-state index in [1.54, 1.807) is 0 Å². The zero-order valence-corrected chi connectivity index (χ0v) is 6.54. The Kier molecular flexibility index (Phi) is 2.47. The zero-order valence-electron chi connectivity index (χ0n) is 6.54. The average molecular weight is 170 g/mol. The summed E-state index contributed by atoms with van der Waals surface area (Å²) in [5, 5.41) is 17.4. The van der Waals surface area contributed by atoms with E-state index in [2.05, 4.69) is 0 Å². The number of aliphatic hydroxyl groups is 1. The summed E-state index contributed by atoms with van der Waals surface area (Å²) in [5.41, 5.74) is 0.0775. The number of aliphatic hydroxyl groups excluding tert-OH is 1. The lowest BCUT2D eigenvalue weighted by molar-refractivity contribution is -0.136. The van der Waals surface area contributed by atoms with Gasteiger partial charge in [-0.25, -0.2) is 4.79 Å². The molecule has 4 nitrogen and oxygen atoms in total. The molecule has 0 saturated heterocycles. The standard InChI is InChI=1S/C8H10O4/c9-6-4-2-1-3-5(6)7(10)8(11)12/h10H,1-4H2,(H,11,12)/b7-5-. The molecule has 0 amide bonds. The van der Waals surface area contributed by atoms with E-state index in [9.17, 15) is 9.59 Å². The molecule has 0 unspecified atom stereocenters. The molecule has 0 bridgehead atoms. The molecule has 1 aliphatic carbocycles. The van der Waals surface area contributed by atoms with Crippen molar-refractivity contribution in [1.29, 1.82) is 0 Å². The van der Waals surface area contributed by atoms with Crippen molar-refractivity contribution in [3.05, 3.63) is 11.3 Å². The first-order valence-electron chi connectivity index (χ1n) is 3.81. The smallest absolute Gasteiger partial charge is 0.371 e. The number of carbonyl (C=O) groups is 2. The van der Waals surface area contributed by atoms with E-state index in [1.165, 1.54) is 0 Å². The highest BCUT2D eigenvalue weighted by Gasteiger charge is 2.22. The molecule has 0 aromatic heterocycles. The molecule has 0 aliphatic heterocycles. The fourth-order valence-electron chi connectivity index (χ4n) is 1.26. The minimum absolute atomic E-state index is 0.0775. The van der Waals surface area contributed by atoms with Gasteiger partial charge >= 0.3 is 5.97 Å². The molecule has 2 N–H and O–H groups in total. The Labute approximate surface area is 69.5 Å². The van der Waals surface area contributed by atoms with Gasteiger partial charge < -0.3 is 10.2 Å². The molecule has 4 heteroatoms. The maximum atomic E-state index is 11.1. The number of hydrogen-bond acceptors (Lipinski definition) is 3. The summed E-state index contributed by atoms with van der Waals surface area (Å²) in [6.07, 6.45) is 2.30. The predicted molar refractivity (Wildman–Crippen MR) is 40.8 cm³/mol. The highest BCUT2D eigenvalue weighted by molar-refractivity contribution is 6.02. The number of carbonyl (C=O) groups excluding carboxylic acids is 1. The Hall–Kier alpha value is -1.32. The fourth-order valence-corrected chi connectivity index (χ4v) is 1.26. The molecule has 0 heterocycles. The summed E-state index contributed by atoms with van der Waals surface area (Å²) >= 11 is 0. The van der Waals surface area contributed by atoms with Crippen molar-refractivity contribution in [2.45, 2.75) is 25.7 Å². The SMILES string of the molecule is O=C(O)/C(O)=C1\CCCCC1=O. The Balaban J connectivity index is 2.90. The molecule has 12 heavy (non-hydrogen) atoms. The van der Waals surface area contributed by atoms with Crippen molar-refractivity contribution in [3.8, 4) is 0 Å². The monoisotopic (exact) mass is 170 g/mol. The van der Waals surface area contributed by atoms with Crippen LogP contribution in [-0.4, -0.2) is 22.0 Å². The minimum atomic E-state index is -1.42. The number of carboxylic acid groups (broad SMARTS) is 1. The van der Waals surface area contributed by atoms with Crippen LogP contribution in [0.25, 0.3) is 0 Å². The molecule has 0 aromatic rings. The topological polar surface area (TPSA) is 74.6 Å². The van der Waals surface area contributed by atoms with Gasteiger partial charge in [0.05, 0.1) is 0 Å². The van der Waals surface area contributed by atoms with Gasteiger partial charge in [0.2, 0.25) is 5.76 Å². The Morgan fingerprint density at radius 1 is 1.17 bits per heavy atom. The van der Waals surface area contributed by atoms with Gasteiger partial charge in [-0.2, -0.15) is 0 Å². The van der Waals surface area contributed by atoms with Crippen molar-refractivity contribution in [2.75, 3.05) is 0 Å². The van der Waals surface area contributed by atoms with Gasteiger partial charge in [0.1, 0.15) is 0 Å². The molecule has 0 aromatic carbocycles. The van der Waals surface area contributed by atoms with E-state index in [-0.39, 0.29) is 11.4 Å². The Morgan fingerprint density at radius 3 is 2.25 bits per heavy atom. The first-order valence-corrected chi connectivity index (χ1v) is 3.81. The van der Waals surface area contributed by atoms with Gasteiger partial charge in [-0.05, 0) is 19.3 Å². The van der Waals surface area contributed by atoms with Crippen LogP contribution < -0.4 is 0 Å². The Bertz CT molecular complexity index is 252. The summed E-state index contributed by atoms with van der Waals surface area (Å²) in [6.45, 7) is 0. The van der Waals surface area contributed by atoms with E-state index >= 15 is 0 Å². The van der Waals surface area contributed by atoms with E-state index in [0.29, 0.717) is 12.8 Å². The van der Waals surface area contributed by atoms with Crippen LogP contribution in [-0.2, 0) is 9.59 Å². The lowest BCUT2D eigenvalue weighted by Crippen LogP contribution is -2.15. The first-order chi connectivity index (χ1) is 5.63. The number of hydrogen-bond donors (Lipinski definition) is 2. The third kappa shape index (κ3) is 1.64. The normalized spacial score (nSPS) is 22.2. The van der Waals surface area contributed by atoms with Crippen LogP contribution in [0.5, 0.6) is 0 Å². The van der Waals surface area contributed by atoms with Crippen LogP contribution in [0.1, 0.15) is 25.7 Å². The second-order valence-electron chi connectivity index (χ2n) is 2.76. The molecular weight excluding hydrogens is 160 g/mol. The van der Waals surface area contributed by atoms with Crippen LogP contribution >= 0.6 is 0 Å². The third-order valence-corrected chi connectivity index (χ3v) is 1.91. The maximum absolute atomic E-state index is 11.1. The molecule has 0 spiro atoms. The van der Waals surface area contributed by atoms with Gasteiger partial charge in [-0.1, -0.05) is 0 Å². The molecule has 0 atom stereocenters. The number of carboxylic acids is 1. The molecule has 1 saturated carbocycles. The molecule has 66 valence electrons. The second kappa shape index (κ2) is 3.38. The third-order valence-electron chi connectivity index (χ3n) is 1.91. The summed E-state index contributed by atoms with van der Waals surface area (Å²) in [7, 11) is 0. The lowest BCUT2D eigenvalue weighted by atomic mass is 9.92. The van der Waals surface area contributed by atoms with Gasteiger partial charge in [0.25, 0.3) is 0 Å². The van der Waals surface area contributed by atoms with Crippen molar-refractivity contribution >= 4 is 11.8 Å². The van der Waals surface area contributed by atoms with Crippen molar-refractivity contribution < 1.29 is 19.8 Å². The number of allylic oxidation sites excluding steroid dienone is 1. The molecule has 1 fully saturated rings. The van der Waals surface area contributed by atoms with Crippen molar-refractivity contribution in [3.63, 3.8) is 0 Å². The zero-order chi connectivity index (χ0) is 9.14. The van der Waals surface area contributed by atoms with Gasteiger partial charge in [0, 0.05) is 12.0 Å². The number of ketones is 1. The molecule has 1 aliphatic rings. The average Bonchev–Trinajstić information content (AvgIpc) is 2.04. The van der Waals surface area contributed by atoms with E-state index < -0.39 is 11.7 Å². The maximum Gasteiger partial charge on any atom is 0.371 e. The van der Waals surface area contributed by atoms with E-state index in [4.69, 9.17) is 10.2 Å². The van der Waals surface area contributed by atoms with Crippen LogP contribution in [0.3, 0.4) is 0 Å². The van der Waals surface area contributed by atoms with Crippen LogP contribution in [0.2, 0.25) is 0 Å². The molecule has 0 radical (unpaired) electrons. The highest BCUT2D eigenvalue weighted by atomic mass is 16.4. The number of aliphatic carboxylic acids is 1. The second-order valence-corrected chi connectivity index (χ2v) is 2.76. The van der Waals surface area contributed by atoms with Crippen LogP contribution in [0, 0.1) is 0 Å². The van der Waals surface area contributed by atoms with E-state index in [1.807, 2.05) is 0 Å². The lowest BCUT2D eigenvalue weighted by Gasteiger charge is -2.12. The summed E-state index contributed by atoms with van der Waals surface area (Å²) in [5.74, 6) is -2.43. The Morgan fingerprint density at radius 2 is 1.75 bits per heavy atom. The van der Waals surface area contributed by atoms with Gasteiger partial charge in [0.15, 0.2) is 5.78 Å². The fraction of sp³-hybridized carbons (Fsp3) is 0.500. The molecule has 1 rings (SSSR count). The van der Waals surface area contributed by atoms with Gasteiger partial charge in [-0.15, -0.1) is 0 Å². The van der Waals surface area contributed by atoms with E-state index in [0.717, 1.165) is 12.8 Å². The summed E-state index contributed by atoms with van der Waals surface area (Å²) < 4.78 is 0. The highest BCUT2D eigenvalue weighted by Crippen LogP contribution is 2.21. The van der Waals surface area contributed by atoms with Crippen LogP contribution in [0.4, 0.5) is 0 Å². The number of rotatable bonds is 1. The minimum Gasteiger partial charge on any atom is -0.502 e. The molecular formula is C8H10O4. The van der Waals surface area contributed by atoms with Crippen molar-refractivity contribution in [1.82, 2.24) is 0 Å². The van der Waals surface area contributed by atoms with Gasteiger partial charge in [-0.3, -0.25) is 4.79 Å². The van der Waals surface area contributed by atoms with Crippen LogP contribution in [0.15, 0.2) is 11.3 Å².